The molecule has 0 aliphatic carbocycles. The Balaban J connectivity index is 1.82. The highest BCUT2D eigenvalue weighted by molar-refractivity contribution is 7.91. The van der Waals surface area contributed by atoms with E-state index in [1.807, 2.05) is 35.2 Å². The summed E-state index contributed by atoms with van der Waals surface area (Å²) in [4.78, 5) is 6.57. The molecule has 0 N–H and O–H groups in total. The summed E-state index contributed by atoms with van der Waals surface area (Å²) in [7, 11) is -2.29. The monoisotopic (exact) mass is 398 g/mol. The lowest BCUT2D eigenvalue weighted by molar-refractivity contribution is 0.414. The Hall–Kier alpha value is -2.80. The average Bonchev–Trinajstić information content (AvgIpc) is 3.21. The molecule has 3 aromatic rings. The summed E-state index contributed by atoms with van der Waals surface area (Å²) in [5, 5.41) is -0.0292. The predicted molar refractivity (Wildman–Crippen MR) is 106 cm³/mol. The zero-order valence-corrected chi connectivity index (χ0v) is 16.5. The molecule has 2 aromatic carbocycles. The number of methoxy groups -OCH3 is 1. The highest BCUT2D eigenvalue weighted by Crippen LogP contribution is 2.36. The van der Waals surface area contributed by atoms with Gasteiger partial charge in [0.2, 0.25) is 26.6 Å². The van der Waals surface area contributed by atoms with Crippen LogP contribution in [-0.2, 0) is 9.84 Å². The Morgan fingerprint density at radius 2 is 1.64 bits per heavy atom. The van der Waals surface area contributed by atoms with Crippen LogP contribution in [0.15, 0.2) is 68.9 Å². The number of hydrogen-bond acceptors (Lipinski definition) is 6. The maximum atomic E-state index is 13.4. The number of rotatable bonds is 5. The molecule has 1 saturated heterocycles. The number of sulfone groups is 1. The average molecular weight is 398 g/mol. The van der Waals surface area contributed by atoms with Gasteiger partial charge in [0.25, 0.3) is 0 Å². The minimum Gasteiger partial charge on any atom is -0.497 e. The first-order valence-corrected chi connectivity index (χ1v) is 10.8. The summed E-state index contributed by atoms with van der Waals surface area (Å²) < 4.78 is 37.8. The van der Waals surface area contributed by atoms with E-state index in [-0.39, 0.29) is 9.92 Å². The van der Waals surface area contributed by atoms with Gasteiger partial charge < -0.3 is 14.1 Å². The van der Waals surface area contributed by atoms with Crippen molar-refractivity contribution >= 4 is 15.7 Å². The van der Waals surface area contributed by atoms with Gasteiger partial charge in [-0.1, -0.05) is 18.2 Å². The predicted octanol–water partition coefficient (Wildman–Crippen LogP) is 4.17. The summed E-state index contributed by atoms with van der Waals surface area (Å²) in [5.41, 5.74) is 0.747. The molecule has 28 heavy (non-hydrogen) atoms. The van der Waals surface area contributed by atoms with Gasteiger partial charge in [0, 0.05) is 18.7 Å². The van der Waals surface area contributed by atoms with Crippen molar-refractivity contribution in [2.24, 2.45) is 0 Å². The molecular weight excluding hydrogens is 376 g/mol. The number of benzene rings is 2. The molecule has 0 bridgehead atoms. The van der Waals surface area contributed by atoms with Crippen LogP contribution in [0.5, 0.6) is 5.75 Å². The molecule has 1 aliphatic heterocycles. The smallest absolute Gasteiger partial charge is 0.236 e. The highest BCUT2D eigenvalue weighted by atomic mass is 32.2. The third kappa shape index (κ3) is 3.49. The number of oxazole rings is 1. The Labute approximate surface area is 164 Å². The minimum absolute atomic E-state index is 0.0292. The molecule has 1 fully saturated rings. The quantitative estimate of drug-likeness (QED) is 0.642. The van der Waals surface area contributed by atoms with Crippen molar-refractivity contribution in [3.05, 3.63) is 54.6 Å². The fourth-order valence-electron chi connectivity index (χ4n) is 3.34. The number of nitrogens with zero attached hydrogens (tertiary/aromatic N) is 2. The molecule has 0 saturated carbocycles. The second-order valence-electron chi connectivity index (χ2n) is 6.72. The van der Waals surface area contributed by atoms with E-state index in [4.69, 9.17) is 9.15 Å². The molecule has 1 aromatic heterocycles. The van der Waals surface area contributed by atoms with E-state index < -0.39 is 9.84 Å². The van der Waals surface area contributed by atoms with E-state index in [2.05, 4.69) is 4.98 Å². The van der Waals surface area contributed by atoms with Crippen molar-refractivity contribution in [3.63, 3.8) is 0 Å². The van der Waals surface area contributed by atoms with Gasteiger partial charge in [0.1, 0.15) is 5.75 Å². The molecule has 0 spiro atoms. The largest absolute Gasteiger partial charge is 0.497 e. The second-order valence-corrected chi connectivity index (χ2v) is 8.59. The van der Waals surface area contributed by atoms with E-state index in [1.54, 1.807) is 19.2 Å². The zero-order chi connectivity index (χ0) is 19.6. The lowest BCUT2D eigenvalue weighted by Crippen LogP contribution is -2.30. The van der Waals surface area contributed by atoms with Crippen molar-refractivity contribution in [3.8, 4) is 17.2 Å². The summed E-state index contributed by atoms with van der Waals surface area (Å²) in [5.74, 6) is 1.24. The fraction of sp³-hybridized carbons (Fsp3) is 0.286. The lowest BCUT2D eigenvalue weighted by Gasteiger charge is -2.26. The first kappa shape index (κ1) is 18.6. The molecule has 0 unspecified atom stereocenters. The summed E-state index contributed by atoms with van der Waals surface area (Å²) in [6, 6.07) is 15.7. The van der Waals surface area contributed by atoms with Crippen molar-refractivity contribution in [1.82, 2.24) is 4.98 Å². The number of anilines is 1. The Morgan fingerprint density at radius 3 is 2.29 bits per heavy atom. The summed E-state index contributed by atoms with van der Waals surface area (Å²) in [6.45, 7) is 1.52. The molecule has 2 heterocycles. The summed E-state index contributed by atoms with van der Waals surface area (Å²) in [6.07, 6.45) is 3.14. The number of piperidine rings is 1. The molecule has 0 amide bonds. The maximum absolute atomic E-state index is 13.4. The van der Waals surface area contributed by atoms with Gasteiger partial charge in [-0.25, -0.2) is 8.42 Å². The molecule has 6 nitrogen and oxygen atoms in total. The molecule has 146 valence electrons. The molecular formula is C21H22N2O4S. The third-order valence-electron chi connectivity index (χ3n) is 4.87. The fourth-order valence-corrected chi connectivity index (χ4v) is 4.66. The third-order valence-corrected chi connectivity index (χ3v) is 6.54. The molecule has 0 atom stereocenters. The van der Waals surface area contributed by atoms with Crippen molar-refractivity contribution in [1.29, 1.82) is 0 Å². The van der Waals surface area contributed by atoms with Crippen LogP contribution in [-0.4, -0.2) is 33.6 Å². The summed E-state index contributed by atoms with van der Waals surface area (Å²) >= 11 is 0. The van der Waals surface area contributed by atoms with E-state index in [0.717, 1.165) is 37.9 Å². The lowest BCUT2D eigenvalue weighted by atomic mass is 10.1. The van der Waals surface area contributed by atoms with E-state index in [0.29, 0.717) is 17.5 Å². The Kier molecular flexibility index (Phi) is 5.09. The van der Waals surface area contributed by atoms with Gasteiger partial charge in [0.15, 0.2) is 0 Å². The zero-order valence-electron chi connectivity index (χ0n) is 15.7. The molecule has 0 radical (unpaired) electrons. The van der Waals surface area contributed by atoms with Gasteiger partial charge >= 0.3 is 0 Å². The molecule has 1 aliphatic rings. The van der Waals surface area contributed by atoms with E-state index in [1.165, 1.54) is 12.1 Å². The first-order valence-electron chi connectivity index (χ1n) is 9.30. The standard InChI is InChI=1S/C21H22N2O4S/c1-26-17-10-12-18(13-11-17)28(24,25)20-21(23-14-6-3-7-15-23)27-19(22-20)16-8-4-2-5-9-16/h2,4-5,8-13H,3,6-7,14-15H2,1H3. The second kappa shape index (κ2) is 7.67. The Morgan fingerprint density at radius 1 is 0.964 bits per heavy atom. The van der Waals surface area contributed by atoms with Crippen LogP contribution < -0.4 is 9.64 Å². The van der Waals surface area contributed by atoms with E-state index in [9.17, 15) is 8.42 Å². The molecule has 7 heteroatoms. The number of aromatic nitrogens is 1. The Bertz CT molecular complexity index is 1040. The number of ether oxygens (including phenoxy) is 1. The van der Waals surface area contributed by atoms with E-state index >= 15 is 0 Å². The van der Waals surface area contributed by atoms with Crippen molar-refractivity contribution in [2.45, 2.75) is 29.2 Å². The molecule has 4 rings (SSSR count). The van der Waals surface area contributed by atoms with Crippen LogP contribution in [0, 0.1) is 0 Å². The van der Waals surface area contributed by atoms with Crippen LogP contribution in [0.1, 0.15) is 19.3 Å². The topological polar surface area (TPSA) is 72.6 Å². The van der Waals surface area contributed by atoms with Gasteiger partial charge in [-0.3, -0.25) is 0 Å². The van der Waals surface area contributed by atoms with Crippen molar-refractivity contribution < 1.29 is 17.6 Å². The minimum atomic E-state index is -3.83. The van der Waals surface area contributed by atoms with Gasteiger partial charge in [-0.15, -0.1) is 0 Å². The number of hydrogen-bond donors (Lipinski definition) is 0. The normalized spacial score (nSPS) is 14.8. The maximum Gasteiger partial charge on any atom is 0.236 e. The van der Waals surface area contributed by atoms with Crippen LogP contribution in [0.25, 0.3) is 11.5 Å². The van der Waals surface area contributed by atoms with Crippen LogP contribution in [0.3, 0.4) is 0 Å². The SMILES string of the molecule is COc1ccc(S(=O)(=O)c2nc(-c3ccccc3)oc2N2CCCCC2)cc1. The first-order chi connectivity index (χ1) is 13.6. The highest BCUT2D eigenvalue weighted by Gasteiger charge is 2.32. The van der Waals surface area contributed by atoms with Crippen LogP contribution >= 0.6 is 0 Å². The van der Waals surface area contributed by atoms with Gasteiger partial charge in [-0.2, -0.15) is 4.98 Å². The van der Waals surface area contributed by atoms with Crippen LogP contribution in [0.4, 0.5) is 5.88 Å². The van der Waals surface area contributed by atoms with Gasteiger partial charge in [0.05, 0.1) is 12.0 Å². The van der Waals surface area contributed by atoms with Gasteiger partial charge in [-0.05, 0) is 55.7 Å². The van der Waals surface area contributed by atoms with Crippen molar-refractivity contribution in [2.75, 3.05) is 25.1 Å². The van der Waals surface area contributed by atoms with Crippen LogP contribution in [0.2, 0.25) is 0 Å².